The Morgan fingerprint density at radius 3 is 2.35 bits per heavy atom. The van der Waals surface area contributed by atoms with Crippen molar-refractivity contribution in [2.24, 2.45) is 0 Å². The van der Waals surface area contributed by atoms with E-state index in [0.717, 1.165) is 5.56 Å². The molecule has 1 unspecified atom stereocenters. The summed E-state index contributed by atoms with van der Waals surface area (Å²) in [4.78, 5) is 23.6. The van der Waals surface area contributed by atoms with Crippen molar-refractivity contribution in [2.75, 3.05) is 0 Å². The van der Waals surface area contributed by atoms with Crippen LogP contribution in [0.25, 0.3) is 0 Å². The molecule has 1 aromatic rings. The first-order chi connectivity index (χ1) is 9.31. The fraction of sp³-hybridized carbons (Fsp3) is 0.429. The molecule has 1 atom stereocenters. The second-order valence-corrected chi connectivity index (χ2v) is 5.89. The molecule has 0 aromatic heterocycles. The van der Waals surface area contributed by atoms with E-state index in [9.17, 15) is 9.59 Å². The third kappa shape index (κ3) is 6.23. The van der Waals surface area contributed by atoms with E-state index >= 15 is 0 Å². The van der Waals surface area contributed by atoms with E-state index in [1.807, 2.05) is 30.3 Å². The lowest BCUT2D eigenvalue weighted by molar-refractivity contribution is -0.120. The predicted molar refractivity (Wildman–Crippen MR) is 85.5 cm³/mol. The molecule has 2 amide bonds. The highest BCUT2D eigenvalue weighted by Crippen LogP contribution is 2.08. The number of rotatable bonds is 4. The zero-order chi connectivity index (χ0) is 15.2. The number of hydrogen-bond donors (Lipinski definition) is 2. The monoisotopic (exact) mass is 390 g/mol. The summed E-state index contributed by atoms with van der Waals surface area (Å²) < 4.78 is 7.68. The smallest absolute Gasteiger partial charge is 0.408 e. The molecule has 20 heavy (non-hydrogen) atoms. The van der Waals surface area contributed by atoms with E-state index in [-0.39, 0.29) is 5.91 Å². The van der Waals surface area contributed by atoms with Crippen LogP contribution in [0.2, 0.25) is 0 Å². The molecule has 0 aliphatic rings. The Morgan fingerprint density at radius 2 is 1.85 bits per heavy atom. The lowest BCUT2D eigenvalue weighted by Gasteiger charge is -2.22. The van der Waals surface area contributed by atoms with Crippen LogP contribution in [0.1, 0.15) is 26.3 Å². The molecule has 0 aliphatic carbocycles. The summed E-state index contributed by atoms with van der Waals surface area (Å²) in [6.07, 6.45) is -0.187. The maximum atomic E-state index is 11.8. The van der Waals surface area contributed by atoms with Gasteiger partial charge in [0.1, 0.15) is 11.6 Å². The molecule has 110 valence electrons. The van der Waals surface area contributed by atoms with Crippen LogP contribution in [0, 0.1) is 0 Å². The number of hydrogen-bond acceptors (Lipinski definition) is 3. The van der Waals surface area contributed by atoms with Crippen molar-refractivity contribution in [1.29, 1.82) is 0 Å². The maximum Gasteiger partial charge on any atom is 0.408 e. The zero-order valence-corrected chi connectivity index (χ0v) is 13.9. The number of carbonyl (C=O) groups is 2. The van der Waals surface area contributed by atoms with Gasteiger partial charge in [0.05, 0.1) is 22.9 Å². The summed E-state index contributed by atoms with van der Waals surface area (Å²) in [6.45, 7) is 5.32. The highest BCUT2D eigenvalue weighted by Gasteiger charge is 2.24. The van der Waals surface area contributed by atoms with Crippen molar-refractivity contribution < 1.29 is 14.3 Å². The molecule has 0 bridgehead atoms. The van der Waals surface area contributed by atoms with Gasteiger partial charge in [-0.3, -0.25) is 8.32 Å². The molecule has 1 rings (SSSR count). The number of carbonyl (C=O) groups excluding carboxylic acids is 2. The Balaban J connectivity index is 2.70. The van der Waals surface area contributed by atoms with E-state index < -0.39 is 17.7 Å². The minimum absolute atomic E-state index is 0.264. The van der Waals surface area contributed by atoms with Gasteiger partial charge in [-0.2, -0.15) is 0 Å². The van der Waals surface area contributed by atoms with Crippen LogP contribution in [0.4, 0.5) is 4.79 Å². The van der Waals surface area contributed by atoms with Gasteiger partial charge in [0, 0.05) is 6.42 Å². The van der Waals surface area contributed by atoms with Crippen LogP contribution >= 0.6 is 22.9 Å². The third-order valence-electron chi connectivity index (χ3n) is 2.38. The van der Waals surface area contributed by atoms with Crippen LogP contribution in [0.3, 0.4) is 0 Å². The summed E-state index contributed by atoms with van der Waals surface area (Å²) >= 11 is 1.75. The number of halogens is 1. The summed E-state index contributed by atoms with van der Waals surface area (Å²) in [6, 6.07) is 8.83. The quantitative estimate of drug-likeness (QED) is 0.614. The van der Waals surface area contributed by atoms with Gasteiger partial charge in [0.15, 0.2) is 0 Å². The molecule has 0 spiro atoms. The number of nitrogens with one attached hydrogen (secondary N) is 2. The summed E-state index contributed by atoms with van der Waals surface area (Å²) in [5.41, 5.74) is 0.371. The average Bonchev–Trinajstić information content (AvgIpc) is 2.36. The van der Waals surface area contributed by atoms with Crippen molar-refractivity contribution in [1.82, 2.24) is 8.85 Å². The number of benzene rings is 1. The minimum atomic E-state index is -0.663. The van der Waals surface area contributed by atoms with Gasteiger partial charge in [-0.15, -0.1) is 0 Å². The van der Waals surface area contributed by atoms with E-state index in [2.05, 4.69) is 8.85 Å². The van der Waals surface area contributed by atoms with Crippen molar-refractivity contribution in [3.63, 3.8) is 0 Å². The molecule has 0 saturated heterocycles. The van der Waals surface area contributed by atoms with Crippen molar-refractivity contribution in [2.45, 2.75) is 38.8 Å². The SMILES string of the molecule is CC(C)(C)OC(=O)NC(Cc1ccccc1)C(=O)NI. The van der Waals surface area contributed by atoms with Crippen LogP contribution < -0.4 is 8.85 Å². The molecule has 0 aliphatic heterocycles. The van der Waals surface area contributed by atoms with Crippen molar-refractivity contribution in [3.05, 3.63) is 35.9 Å². The Morgan fingerprint density at radius 1 is 1.25 bits per heavy atom. The highest BCUT2D eigenvalue weighted by molar-refractivity contribution is 14.1. The Kier molecular flexibility index (Phi) is 6.25. The van der Waals surface area contributed by atoms with Gasteiger partial charge in [0.2, 0.25) is 0 Å². The van der Waals surface area contributed by atoms with Crippen LogP contribution in [-0.2, 0) is 16.0 Å². The van der Waals surface area contributed by atoms with E-state index in [0.29, 0.717) is 6.42 Å². The highest BCUT2D eigenvalue weighted by atomic mass is 127. The molecule has 6 heteroatoms. The Bertz CT molecular complexity index is 457. The van der Waals surface area contributed by atoms with Gasteiger partial charge < -0.3 is 10.1 Å². The minimum Gasteiger partial charge on any atom is -0.444 e. The summed E-state index contributed by atoms with van der Waals surface area (Å²) in [5.74, 6) is -0.264. The van der Waals surface area contributed by atoms with Gasteiger partial charge in [0.25, 0.3) is 5.91 Å². The average molecular weight is 390 g/mol. The van der Waals surface area contributed by atoms with Crippen LogP contribution in [0.5, 0.6) is 0 Å². The lowest BCUT2D eigenvalue weighted by atomic mass is 10.1. The van der Waals surface area contributed by atoms with Crippen molar-refractivity contribution >= 4 is 34.9 Å². The van der Waals surface area contributed by atoms with Crippen molar-refractivity contribution in [3.8, 4) is 0 Å². The second kappa shape index (κ2) is 7.47. The van der Waals surface area contributed by atoms with Gasteiger partial charge in [-0.1, -0.05) is 30.3 Å². The number of ether oxygens (including phenoxy) is 1. The molecule has 0 fully saturated rings. The number of alkyl carbamates (subject to hydrolysis) is 1. The molecule has 0 radical (unpaired) electrons. The topological polar surface area (TPSA) is 67.4 Å². The molecular weight excluding hydrogens is 371 g/mol. The summed E-state index contributed by atoms with van der Waals surface area (Å²) in [7, 11) is 0. The molecule has 5 nitrogen and oxygen atoms in total. The normalized spacial score (nSPS) is 12.4. The molecule has 1 aromatic carbocycles. The molecular formula is C14H19IN2O3. The van der Waals surface area contributed by atoms with Gasteiger partial charge >= 0.3 is 6.09 Å². The van der Waals surface area contributed by atoms with Gasteiger partial charge in [-0.25, -0.2) is 4.79 Å². The lowest BCUT2D eigenvalue weighted by Crippen LogP contribution is -2.47. The largest absolute Gasteiger partial charge is 0.444 e. The second-order valence-electron chi connectivity index (χ2n) is 5.35. The zero-order valence-electron chi connectivity index (χ0n) is 11.8. The fourth-order valence-corrected chi connectivity index (χ4v) is 1.95. The predicted octanol–water partition coefficient (Wildman–Crippen LogP) is 2.59. The van der Waals surface area contributed by atoms with Gasteiger partial charge in [-0.05, 0) is 26.3 Å². The Labute approximate surface area is 133 Å². The standard InChI is InChI=1S/C14H19IN2O3/c1-14(2,3)20-13(19)16-11(12(18)17-15)9-10-7-5-4-6-8-10/h4-8,11H,9H2,1-3H3,(H,16,19)(H,17,18). The van der Waals surface area contributed by atoms with E-state index in [1.54, 1.807) is 43.6 Å². The third-order valence-corrected chi connectivity index (χ3v) is 2.91. The first-order valence-electron chi connectivity index (χ1n) is 6.26. The first-order valence-corrected chi connectivity index (χ1v) is 7.33. The Hall–Kier alpha value is -1.31. The first kappa shape index (κ1) is 16.7. The van der Waals surface area contributed by atoms with Crippen LogP contribution in [-0.4, -0.2) is 23.6 Å². The van der Waals surface area contributed by atoms with E-state index in [4.69, 9.17) is 4.74 Å². The van der Waals surface area contributed by atoms with Crippen LogP contribution in [0.15, 0.2) is 30.3 Å². The summed E-state index contributed by atoms with van der Waals surface area (Å²) in [5, 5.41) is 2.59. The molecule has 0 saturated carbocycles. The molecule has 2 N–H and O–H groups in total. The van der Waals surface area contributed by atoms with E-state index in [1.165, 1.54) is 0 Å². The maximum absolute atomic E-state index is 11.8. The fourth-order valence-electron chi connectivity index (χ4n) is 1.57. The molecule has 0 heterocycles. The number of amides is 2.